The first-order valence-electron chi connectivity index (χ1n) is 12.4. The second kappa shape index (κ2) is 13.7. The van der Waals surface area contributed by atoms with Crippen LogP contribution in [-0.4, -0.2) is 27.7 Å². The zero-order valence-corrected chi connectivity index (χ0v) is 23.7. The first-order valence-corrected chi connectivity index (χ1v) is 14.2. The zero-order chi connectivity index (χ0) is 27.8. The monoisotopic (exact) mass is 582 g/mol. The largest absolute Gasteiger partial charge is 0.487 e. The average molecular weight is 584 g/mol. The smallest absolute Gasteiger partial charge is 0.304 e. The van der Waals surface area contributed by atoms with E-state index < -0.39 is 5.97 Å². The Hall–Kier alpha value is -3.26. The van der Waals surface area contributed by atoms with Gasteiger partial charge in [0.1, 0.15) is 12.4 Å². The number of anilines is 1. The van der Waals surface area contributed by atoms with Gasteiger partial charge in [0, 0.05) is 39.0 Å². The third kappa shape index (κ3) is 8.62. The molecule has 0 bridgehead atoms. The van der Waals surface area contributed by atoms with Crippen LogP contribution >= 0.6 is 35.0 Å². The van der Waals surface area contributed by atoms with Crippen molar-refractivity contribution in [1.29, 1.82) is 0 Å². The number of pyridine rings is 1. The predicted molar refractivity (Wildman–Crippen MR) is 159 cm³/mol. The Balaban J connectivity index is 1.49. The molecule has 0 saturated carbocycles. The van der Waals surface area contributed by atoms with E-state index in [-0.39, 0.29) is 17.6 Å². The lowest BCUT2D eigenvalue weighted by Crippen LogP contribution is -2.09. The molecule has 1 amide bonds. The number of thioether (sulfide) groups is 1. The minimum Gasteiger partial charge on any atom is -0.487 e. The number of nitrogens with one attached hydrogen (secondary N) is 1. The molecule has 1 unspecified atom stereocenters. The Bertz CT molecular complexity index is 1480. The quantitative estimate of drug-likeness (QED) is 0.176. The Kier molecular flexibility index (Phi) is 10.1. The molecule has 0 radical (unpaired) electrons. The van der Waals surface area contributed by atoms with Crippen molar-refractivity contribution in [3.8, 4) is 5.75 Å². The topological polar surface area (TPSA) is 88.5 Å². The molecule has 0 aliphatic heterocycles. The van der Waals surface area contributed by atoms with Crippen LogP contribution in [0.3, 0.4) is 0 Å². The molecule has 0 spiro atoms. The van der Waals surface area contributed by atoms with Crippen molar-refractivity contribution >= 4 is 63.4 Å². The van der Waals surface area contributed by atoms with Crippen LogP contribution in [0.5, 0.6) is 5.75 Å². The summed E-state index contributed by atoms with van der Waals surface area (Å²) in [4.78, 5) is 27.5. The number of carboxylic acid groups (broad SMARTS) is 1. The molecule has 1 atom stereocenters. The van der Waals surface area contributed by atoms with Gasteiger partial charge in [-0.25, -0.2) is 4.98 Å². The number of halogens is 2. The molecule has 0 aliphatic carbocycles. The van der Waals surface area contributed by atoms with Crippen LogP contribution in [0.1, 0.15) is 41.8 Å². The summed E-state index contributed by atoms with van der Waals surface area (Å²) in [6.07, 6.45) is 1.48. The van der Waals surface area contributed by atoms with E-state index >= 15 is 0 Å². The van der Waals surface area contributed by atoms with Crippen LogP contribution in [0.25, 0.3) is 10.9 Å². The van der Waals surface area contributed by atoms with Gasteiger partial charge < -0.3 is 15.2 Å². The molecule has 2 N–H and O–H groups in total. The van der Waals surface area contributed by atoms with Crippen molar-refractivity contribution in [2.24, 2.45) is 0 Å². The second-order valence-corrected chi connectivity index (χ2v) is 11.2. The Morgan fingerprint density at radius 1 is 1.03 bits per heavy atom. The lowest BCUT2D eigenvalue weighted by molar-refractivity contribution is -0.136. The van der Waals surface area contributed by atoms with E-state index in [4.69, 9.17) is 33.0 Å². The first-order chi connectivity index (χ1) is 18.8. The molecular formula is C30H28Cl2N2O4S. The van der Waals surface area contributed by atoms with Crippen LogP contribution in [0.2, 0.25) is 10.0 Å². The van der Waals surface area contributed by atoms with Crippen molar-refractivity contribution in [2.75, 3.05) is 11.1 Å². The van der Waals surface area contributed by atoms with Crippen molar-refractivity contribution in [2.45, 2.75) is 38.0 Å². The van der Waals surface area contributed by atoms with E-state index in [1.807, 2.05) is 60.7 Å². The molecule has 0 fully saturated rings. The first kappa shape index (κ1) is 28.7. The number of hydrogen-bond acceptors (Lipinski definition) is 5. The third-order valence-corrected chi connectivity index (χ3v) is 7.84. The maximum absolute atomic E-state index is 11.7. The van der Waals surface area contributed by atoms with Gasteiger partial charge >= 0.3 is 5.97 Å². The number of amides is 1. The highest BCUT2D eigenvalue weighted by atomic mass is 35.5. The molecule has 4 aromatic rings. The number of hydrogen-bond donors (Lipinski definition) is 2. The maximum atomic E-state index is 11.7. The fourth-order valence-corrected chi connectivity index (χ4v) is 5.71. The molecule has 0 aliphatic rings. The predicted octanol–water partition coefficient (Wildman–Crippen LogP) is 7.96. The number of aryl methyl sites for hydroxylation is 1. The summed E-state index contributed by atoms with van der Waals surface area (Å²) in [5.41, 5.74) is 4.29. The molecule has 1 heterocycles. The Morgan fingerprint density at radius 3 is 2.59 bits per heavy atom. The van der Waals surface area contributed by atoms with Crippen LogP contribution in [0.15, 0.2) is 72.8 Å². The number of carbonyl (C=O) groups is 2. The summed E-state index contributed by atoms with van der Waals surface area (Å²) < 4.78 is 6.08. The van der Waals surface area contributed by atoms with Gasteiger partial charge in [-0.3, -0.25) is 9.59 Å². The minimum absolute atomic E-state index is 0.0229. The Morgan fingerprint density at radius 2 is 1.79 bits per heavy atom. The van der Waals surface area contributed by atoms with E-state index in [0.29, 0.717) is 40.3 Å². The maximum Gasteiger partial charge on any atom is 0.304 e. The van der Waals surface area contributed by atoms with E-state index in [2.05, 4.69) is 10.3 Å². The molecule has 6 nitrogen and oxygen atoms in total. The average Bonchev–Trinajstić information content (AvgIpc) is 2.89. The normalized spacial score (nSPS) is 11.8. The molecule has 39 heavy (non-hydrogen) atoms. The van der Waals surface area contributed by atoms with Gasteiger partial charge in [-0.1, -0.05) is 53.5 Å². The van der Waals surface area contributed by atoms with E-state index in [9.17, 15) is 9.59 Å². The molecule has 9 heteroatoms. The number of nitrogens with zero attached hydrogens (tertiary/aromatic N) is 1. The lowest BCUT2D eigenvalue weighted by atomic mass is 10.0. The number of carbonyl (C=O) groups excluding carboxylic acids is 1. The second-order valence-electron chi connectivity index (χ2n) is 9.03. The van der Waals surface area contributed by atoms with Gasteiger partial charge in [-0.2, -0.15) is 11.8 Å². The van der Waals surface area contributed by atoms with Crippen molar-refractivity contribution in [3.05, 3.63) is 99.7 Å². The van der Waals surface area contributed by atoms with Gasteiger partial charge in [0.25, 0.3) is 0 Å². The number of aromatic nitrogens is 1. The minimum atomic E-state index is -0.826. The van der Waals surface area contributed by atoms with Crippen LogP contribution in [-0.2, 0) is 22.6 Å². The van der Waals surface area contributed by atoms with Crippen molar-refractivity contribution in [3.63, 3.8) is 0 Å². The summed E-state index contributed by atoms with van der Waals surface area (Å²) in [6.45, 7) is 1.76. The van der Waals surface area contributed by atoms with E-state index in [1.54, 1.807) is 23.9 Å². The van der Waals surface area contributed by atoms with Crippen LogP contribution in [0.4, 0.5) is 5.69 Å². The Labute approximate surface area is 241 Å². The molecule has 202 valence electrons. The zero-order valence-electron chi connectivity index (χ0n) is 21.3. The molecule has 1 aromatic heterocycles. The number of fused-ring (bicyclic) bond motifs is 1. The number of rotatable bonds is 12. The highest BCUT2D eigenvalue weighted by Gasteiger charge is 2.16. The van der Waals surface area contributed by atoms with Crippen LogP contribution < -0.4 is 10.1 Å². The standard InChI is InChI=1S/C30H28Cl2N2O4S/c1-19(35)33-27-16-23(31)10-6-21(27)8-12-29(39-14-13-30(36)37)22-3-2-4-26(15-22)38-18-25-11-7-20-5-9-24(32)17-28(20)34-25/h2-7,9-11,15-17,29H,8,12-14,18H2,1H3,(H,33,35)(H,36,37). The summed E-state index contributed by atoms with van der Waals surface area (Å²) >= 11 is 13.9. The summed E-state index contributed by atoms with van der Waals surface area (Å²) in [6, 6.07) is 22.8. The number of aliphatic carboxylic acids is 1. The molecular weight excluding hydrogens is 555 g/mol. The number of carboxylic acids is 1. The van der Waals surface area contributed by atoms with Gasteiger partial charge in [-0.05, 0) is 66.4 Å². The summed E-state index contributed by atoms with van der Waals surface area (Å²) in [7, 11) is 0. The SMILES string of the molecule is CC(=O)Nc1cc(Cl)ccc1CCC(SCCC(=O)O)c1cccc(OCc2ccc3ccc(Cl)cc3n2)c1. The third-order valence-electron chi connectivity index (χ3n) is 6.02. The summed E-state index contributed by atoms with van der Waals surface area (Å²) in [5.74, 6) is 0.191. The van der Waals surface area contributed by atoms with Gasteiger partial charge in [0.05, 0.1) is 17.6 Å². The lowest BCUT2D eigenvalue weighted by Gasteiger charge is -2.19. The molecule has 4 rings (SSSR count). The van der Waals surface area contributed by atoms with Crippen LogP contribution in [0, 0.1) is 0 Å². The van der Waals surface area contributed by atoms with Crippen molar-refractivity contribution < 1.29 is 19.4 Å². The highest BCUT2D eigenvalue weighted by Crippen LogP contribution is 2.36. The van der Waals surface area contributed by atoms with E-state index in [1.165, 1.54) is 6.92 Å². The number of benzene rings is 3. The molecule has 3 aromatic carbocycles. The molecule has 0 saturated heterocycles. The number of ether oxygens (including phenoxy) is 1. The fourth-order valence-electron chi connectivity index (χ4n) is 4.17. The van der Waals surface area contributed by atoms with Gasteiger partial charge in [0.15, 0.2) is 0 Å². The highest BCUT2D eigenvalue weighted by molar-refractivity contribution is 7.99. The fraction of sp³-hybridized carbons (Fsp3) is 0.233. The van der Waals surface area contributed by atoms with Crippen molar-refractivity contribution in [1.82, 2.24) is 4.98 Å². The van der Waals surface area contributed by atoms with Gasteiger partial charge in [-0.15, -0.1) is 0 Å². The summed E-state index contributed by atoms with van der Waals surface area (Å²) in [5, 5.41) is 14.2. The van der Waals surface area contributed by atoms with E-state index in [0.717, 1.165) is 34.1 Å². The van der Waals surface area contributed by atoms with Gasteiger partial charge in [0.2, 0.25) is 5.91 Å².